The van der Waals surface area contributed by atoms with Gasteiger partial charge in [0.15, 0.2) is 11.5 Å². The van der Waals surface area contributed by atoms with Gasteiger partial charge >= 0.3 is 0 Å². The average molecular weight is 423 g/mol. The second kappa shape index (κ2) is 9.00. The fourth-order valence-electron chi connectivity index (χ4n) is 3.27. The van der Waals surface area contributed by atoms with E-state index >= 15 is 0 Å². The maximum absolute atomic E-state index is 13.0. The van der Waals surface area contributed by atoms with E-state index in [1.807, 2.05) is 36.6 Å². The van der Waals surface area contributed by atoms with Gasteiger partial charge in [-0.2, -0.15) is 0 Å². The number of fused-ring (bicyclic) bond motifs is 1. The number of thiophene rings is 1. The summed E-state index contributed by atoms with van der Waals surface area (Å²) in [6.45, 7) is 3.96. The molecule has 1 aliphatic rings. The molecule has 0 unspecified atom stereocenters. The van der Waals surface area contributed by atoms with Crippen molar-refractivity contribution in [3.05, 3.63) is 76.0 Å². The third-order valence-corrected chi connectivity index (χ3v) is 5.68. The fourth-order valence-corrected chi connectivity index (χ4v) is 3.89. The van der Waals surface area contributed by atoms with Crippen molar-refractivity contribution >= 4 is 28.8 Å². The van der Waals surface area contributed by atoms with E-state index in [9.17, 15) is 9.59 Å². The molecule has 0 saturated carbocycles. The zero-order valence-corrected chi connectivity index (χ0v) is 17.4. The predicted molar refractivity (Wildman–Crippen MR) is 117 cm³/mol. The van der Waals surface area contributed by atoms with Gasteiger partial charge in [0.05, 0.1) is 4.88 Å². The highest BCUT2D eigenvalue weighted by molar-refractivity contribution is 7.12. The lowest BCUT2D eigenvalue weighted by Crippen LogP contribution is -2.31. The van der Waals surface area contributed by atoms with E-state index in [0.717, 1.165) is 5.56 Å². The van der Waals surface area contributed by atoms with Gasteiger partial charge < -0.3 is 19.7 Å². The molecule has 0 aliphatic carbocycles. The first-order valence-corrected chi connectivity index (χ1v) is 10.7. The number of nitrogens with one attached hydrogen (secondary N) is 1. The molecule has 2 heterocycles. The number of rotatable bonds is 6. The summed E-state index contributed by atoms with van der Waals surface area (Å²) in [5, 5.41) is 4.70. The van der Waals surface area contributed by atoms with Crippen LogP contribution in [0.4, 0.5) is 5.69 Å². The van der Waals surface area contributed by atoms with Crippen LogP contribution < -0.4 is 14.8 Å². The van der Waals surface area contributed by atoms with Crippen LogP contribution in [0.15, 0.2) is 60.0 Å². The zero-order valence-electron chi connectivity index (χ0n) is 16.6. The predicted octanol–water partition coefficient (Wildman–Crippen LogP) is 4.43. The highest BCUT2D eigenvalue weighted by Crippen LogP contribution is 2.34. The molecule has 4 rings (SSSR count). The van der Waals surface area contributed by atoms with Gasteiger partial charge in [-0.05, 0) is 48.7 Å². The maximum Gasteiger partial charge on any atom is 0.265 e. The first kappa shape index (κ1) is 20.0. The number of amides is 2. The summed E-state index contributed by atoms with van der Waals surface area (Å²) in [6, 6.07) is 16.3. The average Bonchev–Trinajstić information content (AvgIpc) is 3.33. The van der Waals surface area contributed by atoms with E-state index in [1.54, 1.807) is 35.2 Å². The van der Waals surface area contributed by atoms with Crippen LogP contribution in [0.5, 0.6) is 11.5 Å². The highest BCUT2D eigenvalue weighted by atomic mass is 32.1. The lowest BCUT2D eigenvalue weighted by atomic mass is 10.1. The zero-order chi connectivity index (χ0) is 20.9. The third-order valence-electron chi connectivity index (χ3n) is 4.81. The van der Waals surface area contributed by atoms with E-state index in [-0.39, 0.29) is 11.8 Å². The van der Waals surface area contributed by atoms with Crippen LogP contribution in [0.1, 0.15) is 32.5 Å². The number of hydrogen-bond donors (Lipinski definition) is 1. The summed E-state index contributed by atoms with van der Waals surface area (Å²) in [7, 11) is 0. The van der Waals surface area contributed by atoms with Crippen molar-refractivity contribution in [3.63, 3.8) is 0 Å². The van der Waals surface area contributed by atoms with Crippen molar-refractivity contribution in [2.24, 2.45) is 0 Å². The van der Waals surface area contributed by atoms with Gasteiger partial charge in [0, 0.05) is 29.9 Å². The SMILES string of the molecule is CCN(Cc1cccc2c1OCCO2)C(=O)c1ccc(NC(=O)c2cccs2)cc1. The van der Waals surface area contributed by atoms with Gasteiger partial charge in [-0.15, -0.1) is 11.3 Å². The Morgan fingerprint density at radius 3 is 2.57 bits per heavy atom. The van der Waals surface area contributed by atoms with Crippen molar-refractivity contribution in [1.29, 1.82) is 0 Å². The molecule has 7 heteroatoms. The van der Waals surface area contributed by atoms with Crippen LogP contribution in [-0.4, -0.2) is 36.5 Å². The Hall–Kier alpha value is -3.32. The summed E-state index contributed by atoms with van der Waals surface area (Å²) in [4.78, 5) is 27.6. The van der Waals surface area contributed by atoms with Crippen molar-refractivity contribution in [1.82, 2.24) is 4.90 Å². The lowest BCUT2D eigenvalue weighted by molar-refractivity contribution is 0.0749. The summed E-state index contributed by atoms with van der Waals surface area (Å²) in [5.41, 5.74) is 2.13. The Morgan fingerprint density at radius 2 is 1.83 bits per heavy atom. The Balaban J connectivity index is 1.45. The molecule has 1 N–H and O–H groups in total. The molecule has 0 atom stereocenters. The van der Waals surface area contributed by atoms with Gasteiger partial charge in [0.25, 0.3) is 11.8 Å². The standard InChI is InChI=1S/C23H22N2O4S/c1-2-25(15-17-5-3-6-19-21(17)29-13-12-28-19)23(27)16-8-10-18(11-9-16)24-22(26)20-7-4-14-30-20/h3-11,14H,2,12-13,15H2,1H3,(H,24,26). The number of ether oxygens (including phenoxy) is 2. The molecule has 154 valence electrons. The Morgan fingerprint density at radius 1 is 1.03 bits per heavy atom. The van der Waals surface area contributed by atoms with Gasteiger partial charge in [-0.25, -0.2) is 0 Å². The molecule has 0 spiro atoms. The molecule has 30 heavy (non-hydrogen) atoms. The molecular formula is C23H22N2O4S. The Bertz CT molecular complexity index is 1030. The van der Waals surface area contributed by atoms with E-state index in [4.69, 9.17) is 9.47 Å². The fraction of sp³-hybridized carbons (Fsp3) is 0.217. The minimum Gasteiger partial charge on any atom is -0.486 e. The third kappa shape index (κ3) is 4.31. The Kier molecular flexibility index (Phi) is 5.99. The molecule has 1 aromatic heterocycles. The second-order valence-electron chi connectivity index (χ2n) is 6.77. The van der Waals surface area contributed by atoms with Crippen LogP contribution in [0.25, 0.3) is 0 Å². The molecule has 3 aromatic rings. The first-order chi connectivity index (χ1) is 14.7. The van der Waals surface area contributed by atoms with Crippen molar-refractivity contribution in [3.8, 4) is 11.5 Å². The first-order valence-electron chi connectivity index (χ1n) is 9.77. The number of anilines is 1. The second-order valence-corrected chi connectivity index (χ2v) is 7.72. The van der Waals surface area contributed by atoms with Gasteiger partial charge in [0.1, 0.15) is 13.2 Å². The monoisotopic (exact) mass is 422 g/mol. The van der Waals surface area contributed by atoms with Crippen LogP contribution in [0.3, 0.4) is 0 Å². The van der Waals surface area contributed by atoms with Crippen LogP contribution >= 0.6 is 11.3 Å². The lowest BCUT2D eigenvalue weighted by Gasteiger charge is -2.25. The quantitative estimate of drug-likeness (QED) is 0.638. The molecule has 6 nitrogen and oxygen atoms in total. The van der Waals surface area contributed by atoms with Crippen LogP contribution in [0, 0.1) is 0 Å². The molecule has 2 amide bonds. The van der Waals surface area contributed by atoms with E-state index in [2.05, 4.69) is 5.32 Å². The van der Waals surface area contributed by atoms with Crippen molar-refractivity contribution in [2.45, 2.75) is 13.5 Å². The van der Waals surface area contributed by atoms with Gasteiger partial charge in [0.2, 0.25) is 0 Å². The normalized spacial score (nSPS) is 12.3. The van der Waals surface area contributed by atoms with Gasteiger partial charge in [-0.1, -0.05) is 18.2 Å². The molecule has 0 fully saturated rings. The number of carbonyl (C=O) groups is 2. The number of benzene rings is 2. The molecule has 0 saturated heterocycles. The molecular weight excluding hydrogens is 400 g/mol. The molecule has 0 radical (unpaired) electrons. The van der Waals surface area contributed by atoms with E-state index in [0.29, 0.717) is 53.9 Å². The number of hydrogen-bond acceptors (Lipinski definition) is 5. The van der Waals surface area contributed by atoms with Crippen LogP contribution in [-0.2, 0) is 6.54 Å². The summed E-state index contributed by atoms with van der Waals surface area (Å²) >= 11 is 1.38. The summed E-state index contributed by atoms with van der Waals surface area (Å²) in [5.74, 6) is 1.19. The van der Waals surface area contributed by atoms with E-state index < -0.39 is 0 Å². The maximum atomic E-state index is 13.0. The molecule has 2 aromatic carbocycles. The number of para-hydroxylation sites is 1. The smallest absolute Gasteiger partial charge is 0.265 e. The van der Waals surface area contributed by atoms with Crippen LogP contribution in [0.2, 0.25) is 0 Å². The topological polar surface area (TPSA) is 67.9 Å². The summed E-state index contributed by atoms with van der Waals surface area (Å²) < 4.78 is 11.4. The number of nitrogens with zero attached hydrogens (tertiary/aromatic N) is 1. The Labute approximate surface area is 179 Å². The molecule has 1 aliphatic heterocycles. The van der Waals surface area contributed by atoms with Crippen molar-refractivity contribution in [2.75, 3.05) is 25.1 Å². The van der Waals surface area contributed by atoms with Gasteiger partial charge in [-0.3, -0.25) is 9.59 Å². The number of carbonyl (C=O) groups excluding carboxylic acids is 2. The molecule has 0 bridgehead atoms. The van der Waals surface area contributed by atoms with E-state index in [1.165, 1.54) is 11.3 Å². The highest BCUT2D eigenvalue weighted by Gasteiger charge is 2.20. The largest absolute Gasteiger partial charge is 0.486 e. The van der Waals surface area contributed by atoms with Crippen molar-refractivity contribution < 1.29 is 19.1 Å². The summed E-state index contributed by atoms with van der Waals surface area (Å²) in [6.07, 6.45) is 0. The minimum absolute atomic E-state index is 0.0806. The minimum atomic E-state index is -0.157.